The summed E-state index contributed by atoms with van der Waals surface area (Å²) in [5.41, 5.74) is 1.40. The standard InChI is InChI=1S/C22H23N5O2/c28-19-9-4-2-7-16(19)21-25-17-8-3-1-6-15(17)20(26-21)24-14-12-18(23-13-14)22(29)27-10-5-11-27/h1-4,6-9,14,18,23,28H,5,10-13H2,(H,24,25,26)/t14-,18?/m0/s1. The van der Waals surface area contributed by atoms with Gasteiger partial charge >= 0.3 is 0 Å². The number of fused-ring (bicyclic) bond motifs is 1. The van der Waals surface area contributed by atoms with Crippen LogP contribution in [0.25, 0.3) is 22.3 Å². The van der Waals surface area contributed by atoms with Crippen LogP contribution in [-0.2, 0) is 4.79 Å². The van der Waals surface area contributed by atoms with Crippen LogP contribution in [-0.4, -0.2) is 57.6 Å². The highest BCUT2D eigenvalue weighted by Gasteiger charge is 2.34. The number of nitrogens with one attached hydrogen (secondary N) is 2. The molecule has 2 aliphatic heterocycles. The molecule has 2 atom stereocenters. The average molecular weight is 389 g/mol. The monoisotopic (exact) mass is 389 g/mol. The Labute approximate surface area is 168 Å². The molecule has 3 N–H and O–H groups in total. The number of carbonyl (C=O) groups is 1. The van der Waals surface area contributed by atoms with Gasteiger partial charge in [0.25, 0.3) is 0 Å². The predicted octanol–water partition coefficient (Wildman–Crippen LogP) is 2.38. The molecule has 5 rings (SSSR count). The minimum atomic E-state index is -0.140. The molecule has 7 heteroatoms. The predicted molar refractivity (Wildman–Crippen MR) is 112 cm³/mol. The highest BCUT2D eigenvalue weighted by Crippen LogP contribution is 2.30. The van der Waals surface area contributed by atoms with Gasteiger partial charge in [-0.25, -0.2) is 9.97 Å². The third-order valence-electron chi connectivity index (χ3n) is 5.69. The molecule has 1 amide bonds. The number of aromatic nitrogens is 2. The lowest BCUT2D eigenvalue weighted by Gasteiger charge is -2.33. The molecule has 29 heavy (non-hydrogen) atoms. The molecule has 7 nitrogen and oxygen atoms in total. The molecule has 2 saturated heterocycles. The van der Waals surface area contributed by atoms with Gasteiger partial charge < -0.3 is 20.6 Å². The van der Waals surface area contributed by atoms with E-state index in [2.05, 4.69) is 15.6 Å². The van der Waals surface area contributed by atoms with Crippen molar-refractivity contribution < 1.29 is 9.90 Å². The van der Waals surface area contributed by atoms with E-state index in [4.69, 9.17) is 4.98 Å². The fourth-order valence-corrected chi connectivity index (χ4v) is 3.95. The molecule has 1 unspecified atom stereocenters. The summed E-state index contributed by atoms with van der Waals surface area (Å²) < 4.78 is 0. The number of anilines is 1. The fourth-order valence-electron chi connectivity index (χ4n) is 3.95. The van der Waals surface area contributed by atoms with Crippen molar-refractivity contribution in [3.8, 4) is 17.1 Å². The van der Waals surface area contributed by atoms with Crippen LogP contribution in [0.5, 0.6) is 5.75 Å². The highest BCUT2D eigenvalue weighted by molar-refractivity contribution is 5.91. The van der Waals surface area contributed by atoms with Crippen LogP contribution in [0.15, 0.2) is 48.5 Å². The summed E-state index contributed by atoms with van der Waals surface area (Å²) in [4.78, 5) is 23.8. The smallest absolute Gasteiger partial charge is 0.239 e. The Kier molecular flexibility index (Phi) is 4.52. The Morgan fingerprint density at radius 1 is 1.10 bits per heavy atom. The summed E-state index contributed by atoms with van der Waals surface area (Å²) >= 11 is 0. The van der Waals surface area contributed by atoms with Gasteiger partial charge in [0.2, 0.25) is 5.91 Å². The third-order valence-corrected chi connectivity index (χ3v) is 5.69. The second-order valence-corrected chi connectivity index (χ2v) is 7.65. The third kappa shape index (κ3) is 3.38. The zero-order chi connectivity index (χ0) is 19.8. The number of aromatic hydroxyl groups is 1. The number of likely N-dealkylation sites (tertiary alicyclic amines) is 1. The second-order valence-electron chi connectivity index (χ2n) is 7.65. The van der Waals surface area contributed by atoms with Gasteiger partial charge in [-0.05, 0) is 37.1 Å². The van der Waals surface area contributed by atoms with Gasteiger partial charge in [0, 0.05) is 31.1 Å². The number of carbonyl (C=O) groups excluding carboxylic acids is 1. The zero-order valence-electron chi connectivity index (χ0n) is 16.0. The molecule has 0 bridgehead atoms. The Bertz CT molecular complexity index is 1070. The van der Waals surface area contributed by atoms with Crippen LogP contribution in [0, 0.1) is 0 Å². The Morgan fingerprint density at radius 2 is 1.90 bits per heavy atom. The molecule has 0 radical (unpaired) electrons. The van der Waals surface area contributed by atoms with Crippen molar-refractivity contribution in [3.05, 3.63) is 48.5 Å². The lowest BCUT2D eigenvalue weighted by atomic mass is 10.1. The largest absolute Gasteiger partial charge is 0.507 e. The minimum Gasteiger partial charge on any atom is -0.507 e. The highest BCUT2D eigenvalue weighted by atomic mass is 16.3. The first-order valence-electron chi connectivity index (χ1n) is 10.0. The van der Waals surface area contributed by atoms with Gasteiger partial charge in [0.15, 0.2) is 5.82 Å². The average Bonchev–Trinajstić information content (AvgIpc) is 3.15. The van der Waals surface area contributed by atoms with Gasteiger partial charge in [0.05, 0.1) is 17.1 Å². The van der Waals surface area contributed by atoms with Crippen LogP contribution in [0.3, 0.4) is 0 Å². The van der Waals surface area contributed by atoms with Crippen molar-refractivity contribution in [2.45, 2.75) is 24.9 Å². The lowest BCUT2D eigenvalue weighted by Crippen LogP contribution is -2.49. The van der Waals surface area contributed by atoms with E-state index in [1.165, 1.54) is 0 Å². The first-order valence-corrected chi connectivity index (χ1v) is 10.0. The molecule has 0 saturated carbocycles. The fraction of sp³-hybridized carbons (Fsp3) is 0.318. The van der Waals surface area contributed by atoms with E-state index in [0.29, 0.717) is 17.9 Å². The molecule has 2 aliphatic rings. The zero-order valence-corrected chi connectivity index (χ0v) is 16.0. The maximum atomic E-state index is 12.5. The Hall–Kier alpha value is -3.19. The maximum absolute atomic E-state index is 12.5. The van der Waals surface area contributed by atoms with Crippen LogP contribution in [0.1, 0.15) is 12.8 Å². The summed E-state index contributed by atoms with van der Waals surface area (Å²) in [7, 11) is 0. The van der Waals surface area contributed by atoms with Gasteiger partial charge in [-0.1, -0.05) is 24.3 Å². The van der Waals surface area contributed by atoms with Crippen molar-refractivity contribution >= 4 is 22.6 Å². The van der Waals surface area contributed by atoms with Crippen molar-refractivity contribution in [1.82, 2.24) is 20.2 Å². The van der Waals surface area contributed by atoms with Gasteiger partial charge in [-0.2, -0.15) is 0 Å². The van der Waals surface area contributed by atoms with E-state index >= 15 is 0 Å². The van der Waals surface area contributed by atoms with Crippen LogP contribution in [0.4, 0.5) is 5.82 Å². The number of amides is 1. The van der Waals surface area contributed by atoms with Crippen LogP contribution < -0.4 is 10.6 Å². The number of benzene rings is 2. The molecule has 1 aromatic heterocycles. The summed E-state index contributed by atoms with van der Waals surface area (Å²) in [6, 6.07) is 14.8. The number of para-hydroxylation sites is 2. The lowest BCUT2D eigenvalue weighted by molar-refractivity contribution is -0.136. The van der Waals surface area contributed by atoms with E-state index in [0.717, 1.165) is 42.7 Å². The summed E-state index contributed by atoms with van der Waals surface area (Å²) in [5.74, 6) is 1.54. The normalized spacial score (nSPS) is 21.2. The molecule has 3 heterocycles. The Balaban J connectivity index is 1.43. The summed E-state index contributed by atoms with van der Waals surface area (Å²) in [6.45, 7) is 2.44. The van der Waals surface area contributed by atoms with Crippen LogP contribution >= 0.6 is 0 Å². The van der Waals surface area contributed by atoms with Crippen molar-refractivity contribution in [3.63, 3.8) is 0 Å². The molecule has 2 fully saturated rings. The van der Waals surface area contributed by atoms with Gasteiger partial charge in [-0.3, -0.25) is 4.79 Å². The van der Waals surface area contributed by atoms with E-state index in [-0.39, 0.29) is 23.7 Å². The first-order chi connectivity index (χ1) is 14.2. The Morgan fingerprint density at radius 3 is 2.69 bits per heavy atom. The molecule has 0 aliphatic carbocycles. The van der Waals surface area contributed by atoms with Crippen LogP contribution in [0.2, 0.25) is 0 Å². The summed E-state index contributed by atoms with van der Waals surface area (Å²) in [5, 5.41) is 18.0. The van der Waals surface area contributed by atoms with Gasteiger partial charge in [-0.15, -0.1) is 0 Å². The molecular weight excluding hydrogens is 366 g/mol. The molecule has 2 aromatic carbocycles. The number of phenolic OH excluding ortho intramolecular Hbond substituents is 1. The van der Waals surface area contributed by atoms with E-state index in [1.807, 2.05) is 41.3 Å². The van der Waals surface area contributed by atoms with E-state index in [9.17, 15) is 9.90 Å². The summed E-state index contributed by atoms with van der Waals surface area (Å²) in [6.07, 6.45) is 1.82. The number of rotatable bonds is 4. The SMILES string of the molecule is O=C(C1C[C@H](Nc2nc(-c3ccccc3O)nc3ccccc23)CN1)N1CCC1. The maximum Gasteiger partial charge on any atom is 0.239 e. The number of hydrogen-bond donors (Lipinski definition) is 3. The molecule has 3 aromatic rings. The number of hydrogen-bond acceptors (Lipinski definition) is 6. The van der Waals surface area contributed by atoms with Crippen molar-refractivity contribution in [2.75, 3.05) is 25.0 Å². The van der Waals surface area contributed by atoms with E-state index < -0.39 is 0 Å². The van der Waals surface area contributed by atoms with Crippen molar-refractivity contribution in [1.29, 1.82) is 0 Å². The van der Waals surface area contributed by atoms with Gasteiger partial charge in [0.1, 0.15) is 11.6 Å². The van der Waals surface area contributed by atoms with Crippen molar-refractivity contribution in [2.24, 2.45) is 0 Å². The topological polar surface area (TPSA) is 90.4 Å². The molecule has 0 spiro atoms. The number of phenols is 1. The number of nitrogens with zero attached hydrogens (tertiary/aromatic N) is 3. The quantitative estimate of drug-likeness (QED) is 0.635. The minimum absolute atomic E-state index is 0.0979. The molecular formula is C22H23N5O2. The second kappa shape index (κ2) is 7.33. The first kappa shape index (κ1) is 17.9. The van der Waals surface area contributed by atoms with E-state index in [1.54, 1.807) is 12.1 Å². The molecule has 148 valence electrons.